The molecular weight excluding hydrogens is 340 g/mol. The Morgan fingerprint density at radius 3 is 2.71 bits per heavy atom. The van der Waals surface area contributed by atoms with Crippen molar-refractivity contribution >= 4 is 45.9 Å². The highest BCUT2D eigenvalue weighted by Crippen LogP contribution is 2.26. The molecule has 0 aliphatic rings. The highest BCUT2D eigenvalue weighted by Gasteiger charge is 2.09. The minimum atomic E-state index is -0.0756. The van der Waals surface area contributed by atoms with Crippen molar-refractivity contribution in [2.75, 3.05) is 11.1 Å². The van der Waals surface area contributed by atoms with Gasteiger partial charge >= 0.3 is 0 Å². The van der Waals surface area contributed by atoms with E-state index in [1.165, 1.54) is 11.8 Å². The summed E-state index contributed by atoms with van der Waals surface area (Å²) in [5.74, 6) is 0.228. The number of benzene rings is 2. The van der Waals surface area contributed by atoms with Crippen LogP contribution in [0, 0.1) is 13.8 Å². The van der Waals surface area contributed by atoms with E-state index in [4.69, 9.17) is 16.6 Å². The molecule has 5 heteroatoms. The number of carbonyl (C=O) groups excluding carboxylic acids is 1. The van der Waals surface area contributed by atoms with Crippen LogP contribution >= 0.6 is 23.4 Å². The van der Waals surface area contributed by atoms with Crippen LogP contribution in [0.4, 0.5) is 5.69 Å². The number of hydrogen-bond acceptors (Lipinski definition) is 3. The number of carbonyl (C=O) groups is 1. The highest BCUT2D eigenvalue weighted by atomic mass is 35.5. The molecule has 0 unspecified atom stereocenters. The molecule has 1 heterocycles. The largest absolute Gasteiger partial charge is 0.325 e. The van der Waals surface area contributed by atoms with Gasteiger partial charge in [-0.05, 0) is 49.2 Å². The number of pyridine rings is 1. The molecule has 122 valence electrons. The molecule has 0 aliphatic carbocycles. The van der Waals surface area contributed by atoms with E-state index in [1.807, 2.05) is 38.1 Å². The Labute approximate surface area is 150 Å². The number of anilines is 1. The summed E-state index contributed by atoms with van der Waals surface area (Å²) in [7, 11) is 0. The molecule has 24 heavy (non-hydrogen) atoms. The zero-order valence-electron chi connectivity index (χ0n) is 13.5. The first-order valence-electron chi connectivity index (χ1n) is 7.58. The molecule has 0 spiro atoms. The van der Waals surface area contributed by atoms with Gasteiger partial charge in [-0.25, -0.2) is 4.98 Å². The first-order valence-corrected chi connectivity index (χ1v) is 8.94. The van der Waals surface area contributed by atoms with Crippen molar-refractivity contribution in [2.45, 2.75) is 18.9 Å². The van der Waals surface area contributed by atoms with Crippen molar-refractivity contribution < 1.29 is 4.79 Å². The predicted molar refractivity (Wildman–Crippen MR) is 102 cm³/mol. The molecule has 0 aliphatic heterocycles. The molecule has 3 rings (SSSR count). The third-order valence-electron chi connectivity index (χ3n) is 3.64. The summed E-state index contributed by atoms with van der Waals surface area (Å²) in [6.07, 6.45) is 0. The van der Waals surface area contributed by atoms with Crippen LogP contribution in [0.25, 0.3) is 10.9 Å². The maximum Gasteiger partial charge on any atom is 0.234 e. The summed E-state index contributed by atoms with van der Waals surface area (Å²) in [6.45, 7) is 4.07. The van der Waals surface area contributed by atoms with E-state index >= 15 is 0 Å². The lowest BCUT2D eigenvalue weighted by molar-refractivity contribution is -0.113. The van der Waals surface area contributed by atoms with Gasteiger partial charge in [-0.3, -0.25) is 4.79 Å². The topological polar surface area (TPSA) is 42.0 Å². The number of rotatable bonds is 4. The summed E-state index contributed by atoms with van der Waals surface area (Å²) >= 11 is 7.37. The fourth-order valence-corrected chi connectivity index (χ4v) is 3.45. The Hall–Kier alpha value is -2.04. The van der Waals surface area contributed by atoms with Gasteiger partial charge in [-0.15, -0.1) is 0 Å². The van der Waals surface area contributed by atoms with E-state index in [1.54, 1.807) is 12.1 Å². The number of fused-ring (bicyclic) bond motifs is 1. The molecule has 0 radical (unpaired) electrons. The molecule has 2 aromatic carbocycles. The second-order valence-corrected chi connectivity index (χ2v) is 7.00. The van der Waals surface area contributed by atoms with Gasteiger partial charge in [0.2, 0.25) is 5.91 Å². The number of amides is 1. The number of thioether (sulfide) groups is 1. The molecule has 3 aromatic rings. The summed E-state index contributed by atoms with van der Waals surface area (Å²) in [5, 5.41) is 5.46. The average Bonchev–Trinajstić information content (AvgIpc) is 2.53. The van der Waals surface area contributed by atoms with Crippen LogP contribution < -0.4 is 5.32 Å². The van der Waals surface area contributed by atoms with Crippen molar-refractivity contribution in [3.05, 3.63) is 64.7 Å². The minimum absolute atomic E-state index is 0.0756. The summed E-state index contributed by atoms with van der Waals surface area (Å²) in [4.78, 5) is 16.9. The number of nitrogens with one attached hydrogen (secondary N) is 1. The van der Waals surface area contributed by atoms with Gasteiger partial charge < -0.3 is 5.32 Å². The van der Waals surface area contributed by atoms with Crippen LogP contribution in [0.1, 0.15) is 11.1 Å². The van der Waals surface area contributed by atoms with Crippen molar-refractivity contribution in [1.82, 2.24) is 4.98 Å². The molecule has 1 N–H and O–H groups in total. The number of aromatic nitrogens is 1. The van der Waals surface area contributed by atoms with Gasteiger partial charge in [-0.2, -0.15) is 0 Å². The van der Waals surface area contributed by atoms with Gasteiger partial charge in [0, 0.05) is 16.1 Å². The standard InChI is InChI=1S/C19H17ClN2OS/c1-12-5-3-6-14-9-13(2)19(22-18(12)14)24-11-17(23)21-16-8-4-7-15(20)10-16/h3-10H,11H2,1-2H3,(H,21,23). The quantitative estimate of drug-likeness (QED) is 0.650. The van der Waals surface area contributed by atoms with E-state index < -0.39 is 0 Å². The number of para-hydroxylation sites is 1. The van der Waals surface area contributed by atoms with Gasteiger partial charge in [0.15, 0.2) is 0 Å². The molecule has 0 fully saturated rings. The molecule has 0 atom stereocenters. The van der Waals surface area contributed by atoms with E-state index in [9.17, 15) is 4.79 Å². The third-order valence-corrected chi connectivity index (χ3v) is 4.97. The Kier molecular flexibility index (Phi) is 5.07. The fraction of sp³-hybridized carbons (Fsp3) is 0.158. The first-order chi connectivity index (χ1) is 11.5. The van der Waals surface area contributed by atoms with E-state index in [0.717, 1.165) is 27.1 Å². The van der Waals surface area contributed by atoms with Gasteiger partial charge in [0.25, 0.3) is 0 Å². The van der Waals surface area contributed by atoms with E-state index in [0.29, 0.717) is 16.5 Å². The Bertz CT molecular complexity index is 911. The number of halogens is 1. The third kappa shape index (κ3) is 3.89. The van der Waals surface area contributed by atoms with Crippen LogP contribution in [0.2, 0.25) is 5.02 Å². The SMILES string of the molecule is Cc1cc2cccc(C)c2nc1SCC(=O)Nc1cccc(Cl)c1. The average molecular weight is 357 g/mol. The number of hydrogen-bond donors (Lipinski definition) is 1. The van der Waals surface area contributed by atoms with Crippen LogP contribution in [-0.2, 0) is 4.79 Å². The van der Waals surface area contributed by atoms with Crippen molar-refractivity contribution in [2.24, 2.45) is 0 Å². The molecule has 1 amide bonds. The van der Waals surface area contributed by atoms with Crippen LogP contribution in [-0.4, -0.2) is 16.6 Å². The smallest absolute Gasteiger partial charge is 0.234 e. The molecular formula is C19H17ClN2OS. The Morgan fingerprint density at radius 1 is 1.12 bits per heavy atom. The van der Waals surface area contributed by atoms with Crippen LogP contribution in [0.5, 0.6) is 0 Å². The number of nitrogens with zero attached hydrogens (tertiary/aromatic N) is 1. The first kappa shape index (κ1) is 16.8. The van der Waals surface area contributed by atoms with Gasteiger partial charge in [0.05, 0.1) is 11.3 Å². The lowest BCUT2D eigenvalue weighted by Gasteiger charge is -2.09. The summed E-state index contributed by atoms with van der Waals surface area (Å²) < 4.78 is 0. The highest BCUT2D eigenvalue weighted by molar-refractivity contribution is 8.00. The monoisotopic (exact) mass is 356 g/mol. The molecule has 3 nitrogen and oxygen atoms in total. The second kappa shape index (κ2) is 7.24. The summed E-state index contributed by atoms with van der Waals surface area (Å²) in [5.41, 5.74) is 3.90. The lowest BCUT2D eigenvalue weighted by atomic mass is 10.1. The molecule has 0 bridgehead atoms. The summed E-state index contributed by atoms with van der Waals surface area (Å²) in [6, 6.07) is 15.4. The molecule has 0 saturated carbocycles. The zero-order valence-corrected chi connectivity index (χ0v) is 15.0. The second-order valence-electron chi connectivity index (χ2n) is 5.60. The van der Waals surface area contributed by atoms with Crippen molar-refractivity contribution in [3.8, 4) is 0 Å². The number of aryl methyl sites for hydroxylation is 2. The zero-order chi connectivity index (χ0) is 17.1. The fourth-order valence-electron chi connectivity index (χ4n) is 2.48. The molecule has 0 saturated heterocycles. The van der Waals surface area contributed by atoms with Gasteiger partial charge in [-0.1, -0.05) is 47.6 Å². The van der Waals surface area contributed by atoms with Crippen molar-refractivity contribution in [1.29, 1.82) is 0 Å². The minimum Gasteiger partial charge on any atom is -0.325 e. The maximum atomic E-state index is 12.1. The normalized spacial score (nSPS) is 10.8. The van der Waals surface area contributed by atoms with Gasteiger partial charge in [0.1, 0.15) is 5.03 Å². The predicted octanol–water partition coefficient (Wildman–Crippen LogP) is 5.24. The van der Waals surface area contributed by atoms with Crippen LogP contribution in [0.3, 0.4) is 0 Å². The van der Waals surface area contributed by atoms with Crippen LogP contribution in [0.15, 0.2) is 53.6 Å². The Balaban J connectivity index is 1.72. The Morgan fingerprint density at radius 2 is 1.92 bits per heavy atom. The lowest BCUT2D eigenvalue weighted by Crippen LogP contribution is -2.14. The maximum absolute atomic E-state index is 12.1. The van der Waals surface area contributed by atoms with Crippen molar-refractivity contribution in [3.63, 3.8) is 0 Å². The van der Waals surface area contributed by atoms with E-state index in [2.05, 4.69) is 17.4 Å². The molecule has 1 aromatic heterocycles. The van der Waals surface area contributed by atoms with E-state index in [-0.39, 0.29) is 5.91 Å².